The van der Waals surface area contributed by atoms with Crippen LogP contribution in [0.3, 0.4) is 0 Å². The van der Waals surface area contributed by atoms with Gasteiger partial charge in [0.1, 0.15) is 0 Å². The van der Waals surface area contributed by atoms with E-state index in [0.717, 1.165) is 13.0 Å². The van der Waals surface area contributed by atoms with E-state index in [1.54, 1.807) is 4.90 Å². The first-order chi connectivity index (χ1) is 7.78. The molecule has 0 aromatic heterocycles. The van der Waals surface area contributed by atoms with Gasteiger partial charge in [0.2, 0.25) is 11.8 Å². The van der Waals surface area contributed by atoms with E-state index in [4.69, 9.17) is 0 Å². The Morgan fingerprint density at radius 1 is 1.35 bits per heavy atom. The maximum absolute atomic E-state index is 11.9. The first-order valence-electron chi connectivity index (χ1n) is 6.08. The van der Waals surface area contributed by atoms with Crippen molar-refractivity contribution in [1.82, 2.24) is 15.5 Å². The monoisotopic (exact) mass is 241 g/mol. The minimum atomic E-state index is -0.0492. The van der Waals surface area contributed by atoms with Crippen LogP contribution in [0.2, 0.25) is 0 Å². The Hall–Kier alpha value is -1.10. The lowest BCUT2D eigenvalue weighted by molar-refractivity contribution is -0.129. The number of nitrogens with zero attached hydrogens (tertiary/aromatic N) is 1. The molecular formula is C12H23N3O2. The highest BCUT2D eigenvalue weighted by Gasteiger charge is 2.26. The van der Waals surface area contributed by atoms with Gasteiger partial charge in [0.25, 0.3) is 0 Å². The van der Waals surface area contributed by atoms with Crippen molar-refractivity contribution in [1.29, 1.82) is 0 Å². The molecule has 0 aromatic rings. The topological polar surface area (TPSA) is 61.4 Å². The van der Waals surface area contributed by atoms with E-state index in [1.807, 2.05) is 20.8 Å². The average Bonchev–Trinajstić information content (AvgIpc) is 2.60. The maximum atomic E-state index is 11.9. The van der Waals surface area contributed by atoms with Crippen LogP contribution in [-0.2, 0) is 9.59 Å². The third kappa shape index (κ3) is 5.17. The van der Waals surface area contributed by atoms with Crippen LogP contribution in [0.4, 0.5) is 0 Å². The molecule has 1 aliphatic heterocycles. The summed E-state index contributed by atoms with van der Waals surface area (Å²) in [4.78, 5) is 24.6. The lowest BCUT2D eigenvalue weighted by Crippen LogP contribution is -2.45. The van der Waals surface area contributed by atoms with Crippen molar-refractivity contribution in [2.75, 3.05) is 19.6 Å². The summed E-state index contributed by atoms with van der Waals surface area (Å²) in [7, 11) is 0. The Labute approximate surface area is 103 Å². The quantitative estimate of drug-likeness (QED) is 0.737. The molecule has 0 saturated carbocycles. The predicted molar refractivity (Wildman–Crippen MR) is 66.6 cm³/mol. The molecule has 98 valence electrons. The summed E-state index contributed by atoms with van der Waals surface area (Å²) in [5, 5.41) is 6.02. The minimum absolute atomic E-state index is 0.0304. The number of hydrogen-bond acceptors (Lipinski definition) is 3. The van der Waals surface area contributed by atoms with E-state index in [0.29, 0.717) is 13.1 Å². The van der Waals surface area contributed by atoms with Crippen LogP contribution in [-0.4, -0.2) is 47.9 Å². The molecule has 1 unspecified atom stereocenters. The third-order valence-corrected chi connectivity index (χ3v) is 2.72. The van der Waals surface area contributed by atoms with Gasteiger partial charge in [0, 0.05) is 31.6 Å². The van der Waals surface area contributed by atoms with Crippen LogP contribution < -0.4 is 10.6 Å². The Bertz CT molecular complexity index is 297. The second-order valence-corrected chi connectivity index (χ2v) is 5.63. The molecule has 5 nitrogen and oxygen atoms in total. The Morgan fingerprint density at radius 2 is 2.00 bits per heavy atom. The Morgan fingerprint density at radius 3 is 2.53 bits per heavy atom. The van der Waals surface area contributed by atoms with E-state index in [1.165, 1.54) is 6.92 Å². The molecule has 2 amide bonds. The standard InChI is InChI=1S/C12H23N3O2/c1-9(16)14-10-5-6-15(8-10)11(17)7-13-12(2,3)4/h10,13H,5-8H2,1-4H3,(H,14,16). The van der Waals surface area contributed by atoms with Crippen molar-refractivity contribution in [3.8, 4) is 0 Å². The van der Waals surface area contributed by atoms with Crippen molar-refractivity contribution >= 4 is 11.8 Å². The van der Waals surface area contributed by atoms with Crippen molar-refractivity contribution in [2.45, 2.75) is 45.7 Å². The van der Waals surface area contributed by atoms with E-state index in [2.05, 4.69) is 10.6 Å². The summed E-state index contributed by atoms with van der Waals surface area (Å²) < 4.78 is 0. The number of amides is 2. The van der Waals surface area contributed by atoms with Gasteiger partial charge in [-0.15, -0.1) is 0 Å². The van der Waals surface area contributed by atoms with Gasteiger partial charge in [-0.05, 0) is 27.2 Å². The fourth-order valence-corrected chi connectivity index (χ4v) is 1.84. The summed E-state index contributed by atoms with van der Waals surface area (Å²) >= 11 is 0. The number of nitrogens with one attached hydrogen (secondary N) is 2. The molecule has 2 N–H and O–H groups in total. The molecule has 0 bridgehead atoms. The van der Waals surface area contributed by atoms with Gasteiger partial charge in [0.15, 0.2) is 0 Å². The average molecular weight is 241 g/mol. The highest BCUT2D eigenvalue weighted by molar-refractivity contribution is 5.79. The second kappa shape index (κ2) is 5.49. The van der Waals surface area contributed by atoms with E-state index in [-0.39, 0.29) is 23.4 Å². The van der Waals surface area contributed by atoms with Gasteiger partial charge >= 0.3 is 0 Å². The third-order valence-electron chi connectivity index (χ3n) is 2.72. The van der Waals surface area contributed by atoms with Crippen LogP contribution in [0.15, 0.2) is 0 Å². The highest BCUT2D eigenvalue weighted by Crippen LogP contribution is 2.09. The molecule has 1 fully saturated rings. The summed E-state index contributed by atoms with van der Waals surface area (Å²) in [6, 6.07) is 0.117. The number of hydrogen-bond donors (Lipinski definition) is 2. The predicted octanol–water partition coefficient (Wildman–Crippen LogP) is 0.112. The van der Waals surface area contributed by atoms with E-state index < -0.39 is 0 Å². The molecule has 17 heavy (non-hydrogen) atoms. The zero-order valence-corrected chi connectivity index (χ0v) is 11.2. The van der Waals surface area contributed by atoms with Crippen molar-refractivity contribution in [3.05, 3.63) is 0 Å². The van der Waals surface area contributed by atoms with Crippen molar-refractivity contribution in [2.24, 2.45) is 0 Å². The highest BCUT2D eigenvalue weighted by atomic mass is 16.2. The van der Waals surface area contributed by atoms with Gasteiger partial charge in [-0.25, -0.2) is 0 Å². The maximum Gasteiger partial charge on any atom is 0.236 e. The first kappa shape index (κ1) is 14.0. The van der Waals surface area contributed by atoms with Gasteiger partial charge in [-0.3, -0.25) is 9.59 Å². The zero-order valence-electron chi connectivity index (χ0n) is 11.2. The Kier molecular flexibility index (Phi) is 4.51. The van der Waals surface area contributed by atoms with Crippen molar-refractivity contribution in [3.63, 3.8) is 0 Å². The largest absolute Gasteiger partial charge is 0.352 e. The van der Waals surface area contributed by atoms with Crippen LogP contribution >= 0.6 is 0 Å². The van der Waals surface area contributed by atoms with Crippen LogP contribution in [0, 0.1) is 0 Å². The summed E-state index contributed by atoms with van der Waals surface area (Å²) in [5.41, 5.74) is -0.0492. The normalized spacial score (nSPS) is 20.5. The molecule has 0 aromatic carbocycles. The molecular weight excluding hydrogens is 218 g/mol. The molecule has 1 atom stereocenters. The molecule has 0 aliphatic carbocycles. The lowest BCUT2D eigenvalue weighted by atomic mass is 10.1. The smallest absolute Gasteiger partial charge is 0.236 e. The van der Waals surface area contributed by atoms with Crippen LogP contribution in [0.5, 0.6) is 0 Å². The second-order valence-electron chi connectivity index (χ2n) is 5.63. The molecule has 1 saturated heterocycles. The lowest BCUT2D eigenvalue weighted by Gasteiger charge is -2.23. The molecule has 5 heteroatoms. The number of carbonyl (C=O) groups is 2. The summed E-state index contributed by atoms with van der Waals surface area (Å²) in [6.07, 6.45) is 0.848. The first-order valence-corrected chi connectivity index (χ1v) is 6.08. The van der Waals surface area contributed by atoms with Gasteiger partial charge < -0.3 is 15.5 Å². The minimum Gasteiger partial charge on any atom is -0.352 e. The van der Waals surface area contributed by atoms with Gasteiger partial charge in [-0.1, -0.05) is 0 Å². The fraction of sp³-hybridized carbons (Fsp3) is 0.833. The Balaban J connectivity index is 2.33. The van der Waals surface area contributed by atoms with E-state index in [9.17, 15) is 9.59 Å². The fourth-order valence-electron chi connectivity index (χ4n) is 1.84. The van der Waals surface area contributed by atoms with Gasteiger partial charge in [-0.2, -0.15) is 0 Å². The number of carbonyl (C=O) groups excluding carboxylic acids is 2. The number of rotatable bonds is 3. The number of likely N-dealkylation sites (tertiary alicyclic amines) is 1. The van der Waals surface area contributed by atoms with Gasteiger partial charge in [0.05, 0.1) is 6.54 Å². The van der Waals surface area contributed by atoms with Crippen LogP contribution in [0.1, 0.15) is 34.1 Å². The van der Waals surface area contributed by atoms with Crippen molar-refractivity contribution < 1.29 is 9.59 Å². The van der Waals surface area contributed by atoms with E-state index >= 15 is 0 Å². The summed E-state index contributed by atoms with van der Waals surface area (Å²) in [6.45, 7) is 9.32. The summed E-state index contributed by atoms with van der Waals surface area (Å²) in [5.74, 6) is 0.0740. The molecule has 1 heterocycles. The molecule has 0 radical (unpaired) electrons. The SMILES string of the molecule is CC(=O)NC1CCN(C(=O)CNC(C)(C)C)C1. The zero-order chi connectivity index (χ0) is 13.1. The molecule has 1 rings (SSSR count). The van der Waals surface area contributed by atoms with Crippen LogP contribution in [0.25, 0.3) is 0 Å². The molecule has 0 spiro atoms. The molecule has 1 aliphatic rings.